The number of hydrogen-bond donors (Lipinski definition) is 2. The Kier molecular flexibility index (Phi) is 3.85. The molecule has 0 radical (unpaired) electrons. The van der Waals surface area contributed by atoms with Crippen LogP contribution in [0.2, 0.25) is 0 Å². The molecule has 0 atom stereocenters. The summed E-state index contributed by atoms with van der Waals surface area (Å²) in [6.07, 6.45) is 3.83. The quantitative estimate of drug-likeness (QED) is 0.878. The fourth-order valence-electron chi connectivity index (χ4n) is 2.76. The molecule has 0 unspecified atom stereocenters. The monoisotopic (exact) mass is 310 g/mol. The first-order valence-corrected chi connectivity index (χ1v) is 7.18. The van der Waals surface area contributed by atoms with Crippen LogP contribution in [0.3, 0.4) is 0 Å². The van der Waals surface area contributed by atoms with Crippen molar-refractivity contribution >= 4 is 0 Å². The number of nitrogens with one attached hydrogen (secondary N) is 1. The van der Waals surface area contributed by atoms with Crippen LogP contribution in [0.25, 0.3) is 0 Å². The first kappa shape index (κ1) is 14.9. The second-order valence-electron chi connectivity index (χ2n) is 5.38. The van der Waals surface area contributed by atoms with Gasteiger partial charge in [0.05, 0.1) is 14.2 Å². The molecule has 0 aromatic heterocycles. The van der Waals surface area contributed by atoms with Crippen molar-refractivity contribution in [2.24, 2.45) is 5.73 Å². The van der Waals surface area contributed by atoms with Gasteiger partial charge in [-0.25, -0.2) is 0 Å². The number of rotatable bonds is 4. The highest BCUT2D eigenvalue weighted by atomic mass is 16.5. The lowest BCUT2D eigenvalue weighted by Gasteiger charge is -2.17. The van der Waals surface area contributed by atoms with Crippen molar-refractivity contribution in [3.05, 3.63) is 58.7 Å². The van der Waals surface area contributed by atoms with E-state index in [1.807, 2.05) is 30.6 Å². The number of nitrogens with zero attached hydrogens (tertiary/aromatic N) is 2. The summed E-state index contributed by atoms with van der Waals surface area (Å²) in [5.41, 5.74) is 9.34. The van der Waals surface area contributed by atoms with Gasteiger partial charge < -0.3 is 25.4 Å². The standard InChI is InChI=1S/C17H18N4O2/c1-22-13-3-11(4-14(5-13)23-2)8-21-9-12-7-20-17(19)15(6-18)16(12)10-21/h3-5,7,10,20H,8-9,19H2,1-2H3. The maximum absolute atomic E-state index is 9.27. The molecule has 2 aliphatic heterocycles. The smallest absolute Gasteiger partial charge is 0.122 e. The van der Waals surface area contributed by atoms with Crippen LogP contribution in [0.4, 0.5) is 0 Å². The predicted molar refractivity (Wildman–Crippen MR) is 86.1 cm³/mol. The largest absolute Gasteiger partial charge is 0.497 e. The Bertz CT molecular complexity index is 749. The molecule has 3 rings (SSSR count). The average molecular weight is 310 g/mol. The fraction of sp³-hybridized carbons (Fsp3) is 0.235. The van der Waals surface area contributed by atoms with Crippen LogP contribution < -0.4 is 20.5 Å². The molecule has 0 fully saturated rings. The summed E-state index contributed by atoms with van der Waals surface area (Å²) in [6.45, 7) is 1.41. The number of benzene rings is 1. The maximum Gasteiger partial charge on any atom is 0.122 e. The minimum atomic E-state index is 0.396. The van der Waals surface area contributed by atoms with E-state index in [1.165, 1.54) is 0 Å². The second kappa shape index (κ2) is 5.97. The Morgan fingerprint density at radius 3 is 2.57 bits per heavy atom. The van der Waals surface area contributed by atoms with Gasteiger partial charge in [-0.3, -0.25) is 0 Å². The molecule has 0 spiro atoms. The molecule has 0 bridgehead atoms. The third-order valence-corrected chi connectivity index (χ3v) is 3.88. The molecule has 0 amide bonds. The second-order valence-corrected chi connectivity index (χ2v) is 5.38. The van der Waals surface area contributed by atoms with Gasteiger partial charge in [0, 0.05) is 37.1 Å². The Balaban J connectivity index is 1.85. The number of nitrogens with two attached hydrogens (primary N) is 1. The molecule has 6 heteroatoms. The summed E-state index contributed by atoms with van der Waals surface area (Å²) >= 11 is 0. The highest BCUT2D eigenvalue weighted by Gasteiger charge is 2.26. The van der Waals surface area contributed by atoms with E-state index in [0.717, 1.165) is 34.8 Å². The third kappa shape index (κ3) is 2.81. The molecule has 1 aromatic rings. The fourth-order valence-corrected chi connectivity index (χ4v) is 2.76. The van der Waals surface area contributed by atoms with Gasteiger partial charge in [-0.2, -0.15) is 5.26 Å². The van der Waals surface area contributed by atoms with Crippen molar-refractivity contribution in [1.82, 2.24) is 10.2 Å². The van der Waals surface area contributed by atoms with Crippen LogP contribution in [0, 0.1) is 11.3 Å². The number of fused-ring (bicyclic) bond motifs is 1. The lowest BCUT2D eigenvalue weighted by molar-refractivity contribution is 0.386. The molecule has 2 aliphatic rings. The molecule has 6 nitrogen and oxygen atoms in total. The SMILES string of the molecule is COc1cc(CN2C=C3C(=CNC(N)=C3C#N)C2)cc(OC)c1. The Morgan fingerprint density at radius 2 is 1.96 bits per heavy atom. The summed E-state index contributed by atoms with van der Waals surface area (Å²) < 4.78 is 10.6. The van der Waals surface area contributed by atoms with E-state index in [9.17, 15) is 5.26 Å². The molecule has 1 aromatic carbocycles. The summed E-state index contributed by atoms with van der Waals surface area (Å²) in [5, 5.41) is 12.2. The normalized spacial score (nSPS) is 16.1. The van der Waals surface area contributed by atoms with Gasteiger partial charge in [-0.1, -0.05) is 0 Å². The van der Waals surface area contributed by atoms with E-state index >= 15 is 0 Å². The Labute approximate surface area is 135 Å². The van der Waals surface area contributed by atoms with Crippen LogP contribution >= 0.6 is 0 Å². The molecule has 0 saturated carbocycles. The van der Waals surface area contributed by atoms with Crippen molar-refractivity contribution in [2.75, 3.05) is 20.8 Å². The van der Waals surface area contributed by atoms with Crippen LogP contribution in [0.15, 0.2) is 53.1 Å². The first-order valence-electron chi connectivity index (χ1n) is 7.18. The van der Waals surface area contributed by atoms with Crippen LogP contribution in [0.1, 0.15) is 5.56 Å². The number of methoxy groups -OCH3 is 2. The maximum atomic E-state index is 9.27. The van der Waals surface area contributed by atoms with Crippen molar-refractivity contribution in [3.8, 4) is 17.6 Å². The number of ether oxygens (including phenoxy) is 2. The predicted octanol–water partition coefficient (Wildman–Crippen LogP) is 1.58. The average Bonchev–Trinajstić information content (AvgIpc) is 2.96. The summed E-state index contributed by atoms with van der Waals surface area (Å²) in [7, 11) is 3.27. The highest BCUT2D eigenvalue weighted by molar-refractivity contribution is 5.59. The summed E-state index contributed by atoms with van der Waals surface area (Å²) in [6, 6.07) is 7.96. The van der Waals surface area contributed by atoms with Gasteiger partial charge in [0.1, 0.15) is 29.0 Å². The zero-order valence-corrected chi connectivity index (χ0v) is 13.1. The van der Waals surface area contributed by atoms with E-state index in [1.54, 1.807) is 14.2 Å². The molecule has 23 heavy (non-hydrogen) atoms. The summed E-state index contributed by atoms with van der Waals surface area (Å²) in [4.78, 5) is 2.13. The van der Waals surface area contributed by atoms with E-state index in [4.69, 9.17) is 15.2 Å². The molecular formula is C17H18N4O2. The van der Waals surface area contributed by atoms with Crippen LogP contribution in [-0.4, -0.2) is 25.7 Å². The van der Waals surface area contributed by atoms with E-state index in [2.05, 4.69) is 16.3 Å². The third-order valence-electron chi connectivity index (χ3n) is 3.88. The topological polar surface area (TPSA) is 83.5 Å². The Hall–Kier alpha value is -3.07. The van der Waals surface area contributed by atoms with Crippen LogP contribution in [-0.2, 0) is 6.54 Å². The molecule has 0 aliphatic carbocycles. The van der Waals surface area contributed by atoms with E-state index in [0.29, 0.717) is 17.9 Å². The Morgan fingerprint density at radius 1 is 1.26 bits per heavy atom. The van der Waals surface area contributed by atoms with Crippen molar-refractivity contribution < 1.29 is 9.47 Å². The van der Waals surface area contributed by atoms with Gasteiger partial charge in [-0.15, -0.1) is 0 Å². The molecular weight excluding hydrogens is 292 g/mol. The highest BCUT2D eigenvalue weighted by Crippen LogP contribution is 2.31. The number of nitriles is 1. The minimum Gasteiger partial charge on any atom is -0.497 e. The van der Waals surface area contributed by atoms with Crippen molar-refractivity contribution in [3.63, 3.8) is 0 Å². The van der Waals surface area contributed by atoms with Gasteiger partial charge >= 0.3 is 0 Å². The lowest BCUT2D eigenvalue weighted by atomic mass is 10.0. The summed E-state index contributed by atoms with van der Waals surface area (Å²) in [5.74, 6) is 1.91. The zero-order chi connectivity index (χ0) is 16.4. The van der Waals surface area contributed by atoms with Gasteiger partial charge in [0.15, 0.2) is 0 Å². The number of dihydropyridines is 1. The molecule has 3 N–H and O–H groups in total. The van der Waals surface area contributed by atoms with E-state index < -0.39 is 0 Å². The first-order chi connectivity index (χ1) is 11.1. The zero-order valence-electron chi connectivity index (χ0n) is 13.1. The van der Waals surface area contributed by atoms with Gasteiger partial charge in [-0.05, 0) is 23.3 Å². The van der Waals surface area contributed by atoms with Crippen molar-refractivity contribution in [1.29, 1.82) is 5.26 Å². The molecule has 0 saturated heterocycles. The van der Waals surface area contributed by atoms with Crippen molar-refractivity contribution in [2.45, 2.75) is 6.54 Å². The minimum absolute atomic E-state index is 0.396. The number of hydrogen-bond acceptors (Lipinski definition) is 6. The molecule has 2 heterocycles. The van der Waals surface area contributed by atoms with Gasteiger partial charge in [0.25, 0.3) is 0 Å². The lowest BCUT2D eigenvalue weighted by Crippen LogP contribution is -2.22. The molecule has 118 valence electrons. The van der Waals surface area contributed by atoms with E-state index in [-0.39, 0.29) is 0 Å². The number of allylic oxidation sites excluding steroid dienone is 1. The van der Waals surface area contributed by atoms with Gasteiger partial charge in [0.2, 0.25) is 0 Å². The van der Waals surface area contributed by atoms with Crippen LogP contribution in [0.5, 0.6) is 11.5 Å².